The van der Waals surface area contributed by atoms with Gasteiger partial charge in [-0.15, -0.1) is 0 Å². The number of nitrogens with two attached hydrogens (primary N) is 1. The van der Waals surface area contributed by atoms with Crippen molar-refractivity contribution in [2.24, 2.45) is 0 Å². The molecule has 0 fully saturated rings. The van der Waals surface area contributed by atoms with Gasteiger partial charge in [0, 0.05) is 29.6 Å². The Morgan fingerprint density at radius 2 is 2.11 bits per heavy atom. The first-order chi connectivity index (χ1) is 16.7. The van der Waals surface area contributed by atoms with Crippen molar-refractivity contribution < 1.29 is 19.4 Å². The van der Waals surface area contributed by atoms with Crippen molar-refractivity contribution in [2.75, 3.05) is 30.9 Å². The standard InChI is InChI=1S/C23H24ClN7O4/c1-11-9-27-16(12(2)18(11)35-3)10-31-20-17(19(24)29-23(25)30-20)14(22(31)34)8-13-4-5-15(28-13)21(33)26-6-7-32/h4-5,8-9,28,32H,6-7,10H2,1-3H3,(H,26,33)(H2,25,29,30)/b14-8-. The van der Waals surface area contributed by atoms with Crippen LogP contribution in [0.2, 0.25) is 5.15 Å². The first-order valence-corrected chi connectivity index (χ1v) is 11.1. The van der Waals surface area contributed by atoms with Gasteiger partial charge in [-0.3, -0.25) is 19.5 Å². The number of hydrogen-bond acceptors (Lipinski definition) is 8. The van der Waals surface area contributed by atoms with Crippen LogP contribution in [-0.2, 0) is 11.3 Å². The molecule has 0 aromatic carbocycles. The van der Waals surface area contributed by atoms with Gasteiger partial charge in [0.2, 0.25) is 5.95 Å². The number of nitrogens with zero attached hydrogens (tertiary/aromatic N) is 4. The number of nitrogens with one attached hydrogen (secondary N) is 2. The Morgan fingerprint density at radius 3 is 2.83 bits per heavy atom. The molecule has 1 aliphatic rings. The van der Waals surface area contributed by atoms with E-state index in [4.69, 9.17) is 27.2 Å². The minimum absolute atomic E-state index is 0.0354. The van der Waals surface area contributed by atoms with Gasteiger partial charge in [-0.25, -0.2) is 4.98 Å². The van der Waals surface area contributed by atoms with Crippen LogP contribution in [0.1, 0.15) is 38.6 Å². The van der Waals surface area contributed by atoms with E-state index in [1.54, 1.807) is 31.5 Å². The molecule has 0 atom stereocenters. The summed E-state index contributed by atoms with van der Waals surface area (Å²) in [5.41, 5.74) is 9.49. The van der Waals surface area contributed by atoms with E-state index < -0.39 is 0 Å². The van der Waals surface area contributed by atoms with Crippen LogP contribution in [0.3, 0.4) is 0 Å². The van der Waals surface area contributed by atoms with Crippen molar-refractivity contribution in [1.82, 2.24) is 25.3 Å². The highest BCUT2D eigenvalue weighted by molar-refractivity contribution is 6.41. The number of carbonyl (C=O) groups is 2. The number of hydrogen-bond donors (Lipinski definition) is 4. The van der Waals surface area contributed by atoms with Gasteiger partial charge in [0.05, 0.1) is 37.1 Å². The number of pyridine rings is 1. The maximum Gasteiger partial charge on any atom is 0.267 e. The molecule has 12 heteroatoms. The molecule has 11 nitrogen and oxygen atoms in total. The molecule has 1 aliphatic heterocycles. The largest absolute Gasteiger partial charge is 0.496 e. The van der Waals surface area contributed by atoms with Crippen LogP contribution in [-0.4, -0.2) is 57.1 Å². The number of carbonyl (C=O) groups excluding carboxylic acids is 2. The summed E-state index contributed by atoms with van der Waals surface area (Å²) in [6.45, 7) is 3.82. The molecule has 4 rings (SSSR count). The molecule has 182 valence electrons. The quantitative estimate of drug-likeness (QED) is 0.284. The Balaban J connectivity index is 1.74. The number of aromatic amines is 1. The molecule has 2 amide bonds. The third-order valence-corrected chi connectivity index (χ3v) is 5.85. The number of methoxy groups -OCH3 is 1. The highest BCUT2D eigenvalue weighted by Crippen LogP contribution is 2.41. The van der Waals surface area contributed by atoms with Crippen LogP contribution in [0.4, 0.5) is 11.8 Å². The van der Waals surface area contributed by atoms with Gasteiger partial charge in [-0.1, -0.05) is 11.6 Å². The number of fused-ring (bicyclic) bond motifs is 1. The highest BCUT2D eigenvalue weighted by Gasteiger charge is 2.37. The summed E-state index contributed by atoms with van der Waals surface area (Å²) < 4.78 is 5.49. The molecule has 0 bridgehead atoms. The maximum absolute atomic E-state index is 13.6. The molecule has 0 saturated carbocycles. The molecule has 0 saturated heterocycles. The van der Waals surface area contributed by atoms with E-state index >= 15 is 0 Å². The van der Waals surface area contributed by atoms with Gasteiger partial charge in [0.25, 0.3) is 11.8 Å². The van der Waals surface area contributed by atoms with E-state index in [1.165, 1.54) is 4.90 Å². The van der Waals surface area contributed by atoms with E-state index in [0.717, 1.165) is 11.1 Å². The van der Waals surface area contributed by atoms with E-state index in [1.807, 2.05) is 13.8 Å². The number of halogens is 1. The molecule has 4 heterocycles. The Kier molecular flexibility index (Phi) is 6.72. The molecule has 5 N–H and O–H groups in total. The van der Waals surface area contributed by atoms with Crippen LogP contribution in [0, 0.1) is 13.8 Å². The normalized spacial score (nSPS) is 13.9. The van der Waals surface area contributed by atoms with Gasteiger partial charge in [-0.2, -0.15) is 4.98 Å². The second-order valence-corrected chi connectivity index (χ2v) is 8.23. The van der Waals surface area contributed by atoms with Crippen molar-refractivity contribution in [1.29, 1.82) is 0 Å². The van der Waals surface area contributed by atoms with E-state index in [0.29, 0.717) is 22.7 Å². The average molecular weight is 498 g/mol. The zero-order chi connectivity index (χ0) is 25.3. The lowest BCUT2D eigenvalue weighted by atomic mass is 10.1. The number of rotatable bonds is 7. The lowest BCUT2D eigenvalue weighted by Gasteiger charge is -2.19. The fourth-order valence-electron chi connectivity index (χ4n) is 3.92. The van der Waals surface area contributed by atoms with E-state index in [9.17, 15) is 9.59 Å². The number of anilines is 2. The van der Waals surface area contributed by atoms with Crippen LogP contribution < -0.4 is 20.7 Å². The number of aryl methyl sites for hydroxylation is 1. The monoisotopic (exact) mass is 497 g/mol. The third-order valence-electron chi connectivity index (χ3n) is 5.57. The molecule has 0 unspecified atom stereocenters. The number of amides is 2. The molecule has 0 aliphatic carbocycles. The molecule has 0 radical (unpaired) electrons. The number of H-pyrrole nitrogens is 1. The first-order valence-electron chi connectivity index (χ1n) is 10.7. The van der Waals surface area contributed by atoms with Crippen LogP contribution >= 0.6 is 11.6 Å². The van der Waals surface area contributed by atoms with E-state index in [-0.39, 0.29) is 59.7 Å². The highest BCUT2D eigenvalue weighted by atomic mass is 35.5. The van der Waals surface area contributed by atoms with Crippen molar-refractivity contribution >= 4 is 46.8 Å². The summed E-state index contributed by atoms with van der Waals surface area (Å²) in [5, 5.41) is 11.5. The fraction of sp³-hybridized carbons (Fsp3) is 0.261. The number of aromatic nitrogens is 4. The minimum atomic E-state index is -0.382. The van der Waals surface area contributed by atoms with E-state index in [2.05, 4.69) is 25.3 Å². The van der Waals surface area contributed by atoms with Crippen LogP contribution in [0.25, 0.3) is 11.6 Å². The SMILES string of the molecule is COc1c(C)cnc(CN2C(=O)/C(=C\c3ccc(C(=O)NCCO)[nH]3)c3c(Cl)nc(N)nc32)c1C. The Bertz CT molecular complexity index is 1350. The summed E-state index contributed by atoms with van der Waals surface area (Å²) in [4.78, 5) is 42.9. The van der Waals surface area contributed by atoms with Crippen LogP contribution in [0.5, 0.6) is 5.75 Å². The van der Waals surface area contributed by atoms with Gasteiger partial charge in [-0.05, 0) is 32.1 Å². The predicted molar refractivity (Wildman–Crippen MR) is 131 cm³/mol. The zero-order valence-corrected chi connectivity index (χ0v) is 20.1. The lowest BCUT2D eigenvalue weighted by molar-refractivity contribution is -0.113. The molecule has 3 aromatic heterocycles. The summed E-state index contributed by atoms with van der Waals surface area (Å²) in [6, 6.07) is 3.23. The van der Waals surface area contributed by atoms with Crippen LogP contribution in [0.15, 0.2) is 18.3 Å². The Morgan fingerprint density at radius 1 is 1.34 bits per heavy atom. The summed E-state index contributed by atoms with van der Waals surface area (Å²) in [6.07, 6.45) is 3.26. The maximum atomic E-state index is 13.6. The second kappa shape index (κ2) is 9.72. The minimum Gasteiger partial charge on any atom is -0.496 e. The number of aliphatic hydroxyl groups is 1. The smallest absolute Gasteiger partial charge is 0.267 e. The van der Waals surface area contributed by atoms with Gasteiger partial charge in [0.1, 0.15) is 16.6 Å². The Hall–Kier alpha value is -3.96. The fourth-order valence-corrected chi connectivity index (χ4v) is 4.20. The molecule has 0 spiro atoms. The summed E-state index contributed by atoms with van der Waals surface area (Å²) in [5.74, 6) is 0.140. The lowest BCUT2D eigenvalue weighted by Crippen LogP contribution is -2.27. The van der Waals surface area contributed by atoms with Crippen molar-refractivity contribution in [3.05, 3.63) is 57.3 Å². The zero-order valence-electron chi connectivity index (χ0n) is 19.3. The number of ether oxygens (including phenoxy) is 1. The molecular formula is C23H24ClN7O4. The molecular weight excluding hydrogens is 474 g/mol. The van der Waals surface area contributed by atoms with Gasteiger partial charge < -0.3 is 25.9 Å². The summed E-state index contributed by atoms with van der Waals surface area (Å²) >= 11 is 6.40. The van der Waals surface area contributed by atoms with Crippen molar-refractivity contribution in [2.45, 2.75) is 20.4 Å². The predicted octanol–water partition coefficient (Wildman–Crippen LogP) is 1.87. The van der Waals surface area contributed by atoms with Gasteiger partial charge in [0.15, 0.2) is 5.82 Å². The first kappa shape index (κ1) is 24.2. The number of nitrogen functional groups attached to an aromatic ring is 1. The third kappa shape index (κ3) is 4.55. The topological polar surface area (TPSA) is 159 Å². The molecule has 3 aromatic rings. The van der Waals surface area contributed by atoms with Crippen molar-refractivity contribution in [3.63, 3.8) is 0 Å². The molecule has 35 heavy (non-hydrogen) atoms. The number of aliphatic hydroxyl groups excluding tert-OH is 1. The second-order valence-electron chi connectivity index (χ2n) is 7.87. The average Bonchev–Trinajstić information content (AvgIpc) is 3.38. The van der Waals surface area contributed by atoms with Gasteiger partial charge >= 0.3 is 0 Å². The summed E-state index contributed by atoms with van der Waals surface area (Å²) in [7, 11) is 1.58. The Labute approximate surface area is 206 Å². The van der Waals surface area contributed by atoms with Crippen molar-refractivity contribution in [3.8, 4) is 5.75 Å².